The molecule has 0 heterocycles. The van der Waals surface area contributed by atoms with Crippen molar-refractivity contribution in [2.45, 2.75) is 129 Å². The van der Waals surface area contributed by atoms with Crippen molar-refractivity contribution in [2.24, 2.45) is 0 Å². The van der Waals surface area contributed by atoms with Gasteiger partial charge in [-0.15, -0.1) is 0 Å². The topological polar surface area (TPSA) is 52.6 Å². The maximum Gasteiger partial charge on any atom is 0.310 e. The summed E-state index contributed by atoms with van der Waals surface area (Å²) in [6.45, 7) is 3.09. The molecule has 0 saturated carbocycles. The van der Waals surface area contributed by atoms with Gasteiger partial charge in [-0.1, -0.05) is 127 Å². The van der Waals surface area contributed by atoms with Crippen molar-refractivity contribution in [3.63, 3.8) is 0 Å². The van der Waals surface area contributed by atoms with Crippen LogP contribution >= 0.6 is 0 Å². The van der Waals surface area contributed by atoms with E-state index in [2.05, 4.69) is 6.92 Å². The van der Waals surface area contributed by atoms with E-state index in [1.54, 1.807) is 0 Å². The zero-order chi connectivity index (χ0) is 27.2. The van der Waals surface area contributed by atoms with Crippen LogP contribution in [0.3, 0.4) is 0 Å². The summed E-state index contributed by atoms with van der Waals surface area (Å²) in [7, 11) is 6.10. The number of carbonyl (C=O) groups excluding carboxylic acids is 2. The largest absolute Gasteiger partial charge is 0.461 e. The Balaban J connectivity index is 2.11. The minimum atomic E-state index is -0.466. The van der Waals surface area contributed by atoms with E-state index < -0.39 is 6.10 Å². The Morgan fingerprint density at radius 3 is 1.68 bits per heavy atom. The molecule has 0 aliphatic rings. The first-order valence-corrected chi connectivity index (χ1v) is 15.0. The van der Waals surface area contributed by atoms with Crippen molar-refractivity contribution in [3.8, 4) is 0 Å². The van der Waals surface area contributed by atoms with Gasteiger partial charge in [0.05, 0.1) is 27.6 Å². The fourth-order valence-corrected chi connectivity index (χ4v) is 4.62. The van der Waals surface area contributed by atoms with E-state index in [9.17, 15) is 9.59 Å². The van der Waals surface area contributed by atoms with Crippen LogP contribution in [0.5, 0.6) is 0 Å². The zero-order valence-corrected chi connectivity index (χ0v) is 24.5. The summed E-state index contributed by atoms with van der Waals surface area (Å²) < 4.78 is 11.7. The second-order valence-corrected chi connectivity index (χ2v) is 11.6. The third-order valence-corrected chi connectivity index (χ3v) is 6.67. The lowest BCUT2D eigenvalue weighted by Crippen LogP contribution is -2.44. The monoisotopic (exact) mass is 518 g/mol. The molecule has 0 amide bonds. The van der Waals surface area contributed by atoms with Crippen LogP contribution in [0, 0.1) is 0 Å². The maximum atomic E-state index is 12.5. The number of nitrogens with zero attached hydrogens (tertiary/aromatic N) is 1. The molecule has 0 aliphatic carbocycles. The second kappa shape index (κ2) is 21.1. The Hall–Kier alpha value is -1.88. The quantitative estimate of drug-likeness (QED) is 0.0836. The predicted octanol–water partition coefficient (Wildman–Crippen LogP) is 8.00. The van der Waals surface area contributed by atoms with Gasteiger partial charge in [-0.25, -0.2) is 0 Å². The van der Waals surface area contributed by atoms with E-state index in [0.29, 0.717) is 17.4 Å². The Kier molecular flexibility index (Phi) is 18.9. The van der Waals surface area contributed by atoms with Gasteiger partial charge >= 0.3 is 11.9 Å². The van der Waals surface area contributed by atoms with Crippen LogP contribution < -0.4 is 0 Å². The van der Waals surface area contributed by atoms with Gasteiger partial charge in [0.25, 0.3) is 0 Å². The SMILES string of the molecule is CCCCCCCCCCCCCCCCCC(=O)O[C@H](CC(=O)OCc1ccccc1)C[N+](C)(C)C. The van der Waals surface area contributed by atoms with Crippen molar-refractivity contribution >= 4 is 11.9 Å². The molecule has 1 aromatic carbocycles. The van der Waals surface area contributed by atoms with Crippen LogP contribution in [0.1, 0.15) is 122 Å². The summed E-state index contributed by atoms with van der Waals surface area (Å²) in [5.74, 6) is -0.536. The molecular formula is C32H56NO4+. The van der Waals surface area contributed by atoms with Gasteiger partial charge in [-0.3, -0.25) is 9.59 Å². The second-order valence-electron chi connectivity index (χ2n) is 11.6. The maximum absolute atomic E-state index is 12.5. The first kappa shape index (κ1) is 33.1. The molecule has 1 rings (SSSR count). The zero-order valence-electron chi connectivity index (χ0n) is 24.5. The molecular weight excluding hydrogens is 462 g/mol. The lowest BCUT2D eigenvalue weighted by molar-refractivity contribution is -0.873. The van der Waals surface area contributed by atoms with Crippen LogP contribution in [-0.2, 0) is 25.7 Å². The smallest absolute Gasteiger partial charge is 0.310 e. The molecule has 0 aromatic heterocycles. The van der Waals surface area contributed by atoms with Gasteiger partial charge in [0, 0.05) is 6.42 Å². The third kappa shape index (κ3) is 20.8. The van der Waals surface area contributed by atoms with E-state index in [0.717, 1.165) is 18.4 Å². The van der Waals surface area contributed by atoms with Gasteiger partial charge in [0.15, 0.2) is 6.10 Å². The van der Waals surface area contributed by atoms with Crippen LogP contribution in [-0.4, -0.2) is 50.2 Å². The van der Waals surface area contributed by atoms with Crippen LogP contribution in [0.25, 0.3) is 0 Å². The number of ether oxygens (including phenoxy) is 2. The van der Waals surface area contributed by atoms with Crippen LogP contribution in [0.2, 0.25) is 0 Å². The molecule has 1 aromatic rings. The van der Waals surface area contributed by atoms with Crippen molar-refractivity contribution in [2.75, 3.05) is 27.7 Å². The number of likely N-dealkylation sites (N-methyl/N-ethyl adjacent to an activating group) is 1. The molecule has 0 N–H and O–H groups in total. The summed E-state index contributed by atoms with van der Waals surface area (Å²) in [5, 5.41) is 0. The minimum absolute atomic E-state index is 0.0902. The lowest BCUT2D eigenvalue weighted by Gasteiger charge is -2.28. The standard InChI is InChI=1S/C32H56NO4/c1-5-6-7-8-9-10-11-12-13-14-15-16-17-18-22-25-31(34)37-30(27-33(2,3)4)26-32(35)36-28-29-23-20-19-21-24-29/h19-21,23-24,30H,5-18,22,25-28H2,1-4H3/q+1/t30-/m1/s1. The van der Waals surface area contributed by atoms with E-state index >= 15 is 0 Å². The Bertz CT molecular complexity index is 698. The normalized spacial score (nSPS) is 12.3. The Morgan fingerprint density at radius 1 is 0.703 bits per heavy atom. The highest BCUT2D eigenvalue weighted by Crippen LogP contribution is 2.15. The molecule has 0 unspecified atom stereocenters. The van der Waals surface area contributed by atoms with E-state index in [4.69, 9.17) is 9.47 Å². The van der Waals surface area contributed by atoms with E-state index in [1.165, 1.54) is 83.5 Å². The number of quaternary nitrogens is 1. The molecule has 1 atom stereocenters. The molecule has 0 spiro atoms. The molecule has 212 valence electrons. The number of esters is 2. The van der Waals surface area contributed by atoms with Gasteiger partial charge in [-0.05, 0) is 12.0 Å². The molecule has 0 saturated heterocycles. The summed E-state index contributed by atoms with van der Waals surface area (Å²) in [4.78, 5) is 24.8. The van der Waals surface area contributed by atoms with E-state index in [-0.39, 0.29) is 25.0 Å². The van der Waals surface area contributed by atoms with E-state index in [1.807, 2.05) is 51.5 Å². The van der Waals surface area contributed by atoms with Gasteiger partial charge in [-0.2, -0.15) is 0 Å². The summed E-state index contributed by atoms with van der Waals surface area (Å²) in [6, 6.07) is 9.62. The van der Waals surface area contributed by atoms with Gasteiger partial charge < -0.3 is 14.0 Å². The molecule has 0 fully saturated rings. The molecule has 37 heavy (non-hydrogen) atoms. The number of hydrogen-bond acceptors (Lipinski definition) is 4. The number of benzene rings is 1. The Morgan fingerprint density at radius 2 is 1.19 bits per heavy atom. The highest BCUT2D eigenvalue weighted by atomic mass is 16.6. The molecule has 5 heteroatoms. The van der Waals surface area contributed by atoms with Gasteiger partial charge in [0.1, 0.15) is 13.2 Å². The van der Waals surface area contributed by atoms with Crippen molar-refractivity contribution in [3.05, 3.63) is 35.9 Å². The number of carbonyl (C=O) groups is 2. The van der Waals surface area contributed by atoms with Crippen LogP contribution in [0.4, 0.5) is 0 Å². The lowest BCUT2D eigenvalue weighted by atomic mass is 10.0. The Labute approximate surface area is 227 Å². The average molecular weight is 519 g/mol. The first-order valence-electron chi connectivity index (χ1n) is 15.0. The fraction of sp³-hybridized carbons (Fsp3) is 0.750. The highest BCUT2D eigenvalue weighted by molar-refractivity contribution is 5.72. The molecule has 5 nitrogen and oxygen atoms in total. The minimum Gasteiger partial charge on any atom is -0.461 e. The van der Waals surface area contributed by atoms with Gasteiger partial charge in [0.2, 0.25) is 0 Å². The van der Waals surface area contributed by atoms with Crippen LogP contribution in [0.15, 0.2) is 30.3 Å². The molecule has 0 bridgehead atoms. The summed E-state index contributed by atoms with van der Waals surface area (Å²) in [5.41, 5.74) is 0.948. The summed E-state index contributed by atoms with van der Waals surface area (Å²) >= 11 is 0. The molecule has 0 aliphatic heterocycles. The van der Waals surface area contributed by atoms with Crippen molar-refractivity contribution < 1.29 is 23.5 Å². The number of rotatable bonds is 23. The predicted molar refractivity (Wildman–Crippen MR) is 153 cm³/mol. The third-order valence-electron chi connectivity index (χ3n) is 6.67. The highest BCUT2D eigenvalue weighted by Gasteiger charge is 2.25. The summed E-state index contributed by atoms with van der Waals surface area (Å²) in [6.07, 6.45) is 19.5. The average Bonchev–Trinajstić information content (AvgIpc) is 2.84. The van der Waals surface area contributed by atoms with Crippen molar-refractivity contribution in [1.82, 2.24) is 0 Å². The van der Waals surface area contributed by atoms with Crippen molar-refractivity contribution in [1.29, 1.82) is 0 Å². The molecule has 0 radical (unpaired) electrons. The number of hydrogen-bond donors (Lipinski definition) is 0. The number of unbranched alkanes of at least 4 members (excludes halogenated alkanes) is 14. The first-order chi connectivity index (χ1) is 17.8. The fourth-order valence-electron chi connectivity index (χ4n) is 4.62.